The molecule has 1 aromatic carbocycles. The van der Waals surface area contributed by atoms with Crippen molar-refractivity contribution in [2.75, 3.05) is 26.2 Å². The molecule has 6 nitrogen and oxygen atoms in total. The van der Waals surface area contributed by atoms with Gasteiger partial charge in [-0.3, -0.25) is 4.79 Å². The van der Waals surface area contributed by atoms with Crippen LogP contribution in [0, 0.1) is 11.7 Å². The van der Waals surface area contributed by atoms with Gasteiger partial charge in [-0.15, -0.1) is 0 Å². The van der Waals surface area contributed by atoms with E-state index in [1.807, 2.05) is 0 Å². The molecule has 1 heterocycles. The van der Waals surface area contributed by atoms with Crippen molar-refractivity contribution in [3.8, 4) is 0 Å². The molecule has 9 heteroatoms. The summed E-state index contributed by atoms with van der Waals surface area (Å²) < 4.78 is 39.7. The van der Waals surface area contributed by atoms with Gasteiger partial charge in [0.25, 0.3) is 0 Å². The Hall–Kier alpha value is -1.22. The van der Waals surface area contributed by atoms with Crippen LogP contribution in [-0.2, 0) is 14.8 Å². The Labute approximate surface area is 152 Å². The number of nitrogens with two attached hydrogens (primary N) is 1. The Morgan fingerprint density at radius 2 is 2.00 bits per heavy atom. The number of rotatable bonds is 7. The lowest BCUT2D eigenvalue weighted by Crippen LogP contribution is -2.43. The number of nitrogens with zero attached hydrogens (tertiary/aromatic N) is 1. The molecule has 0 unspecified atom stereocenters. The summed E-state index contributed by atoms with van der Waals surface area (Å²) in [6.07, 6.45) is 2.60. The van der Waals surface area contributed by atoms with Gasteiger partial charge in [-0.25, -0.2) is 12.8 Å². The van der Waals surface area contributed by atoms with Crippen LogP contribution < -0.4 is 11.1 Å². The van der Waals surface area contributed by atoms with Crippen LogP contribution in [0.25, 0.3) is 0 Å². The number of benzene rings is 1. The third kappa shape index (κ3) is 5.13. The fourth-order valence-electron chi connectivity index (χ4n) is 2.77. The first kappa shape index (κ1) is 20.1. The van der Waals surface area contributed by atoms with Gasteiger partial charge in [0, 0.05) is 25.6 Å². The minimum atomic E-state index is -3.74. The second kappa shape index (κ2) is 8.93. The zero-order chi connectivity index (χ0) is 18.4. The zero-order valence-electron chi connectivity index (χ0n) is 13.9. The fraction of sp³-hybridized carbons (Fsp3) is 0.562. The summed E-state index contributed by atoms with van der Waals surface area (Å²) in [5.41, 5.74) is 5.41. The number of amides is 1. The van der Waals surface area contributed by atoms with Gasteiger partial charge in [0.15, 0.2) is 0 Å². The number of piperidine rings is 1. The lowest BCUT2D eigenvalue weighted by molar-refractivity contribution is -0.126. The summed E-state index contributed by atoms with van der Waals surface area (Å²) in [5, 5.41) is 2.64. The first-order valence-electron chi connectivity index (χ1n) is 8.29. The third-order valence-corrected chi connectivity index (χ3v) is 6.47. The fourth-order valence-corrected chi connectivity index (χ4v) is 4.51. The lowest BCUT2D eigenvalue weighted by Gasteiger charge is -2.30. The lowest BCUT2D eigenvalue weighted by atomic mass is 9.97. The van der Waals surface area contributed by atoms with Crippen LogP contribution in [0.15, 0.2) is 23.1 Å². The molecule has 0 saturated carbocycles. The Bertz CT molecular complexity index is 707. The first-order chi connectivity index (χ1) is 11.9. The average Bonchev–Trinajstić information content (AvgIpc) is 2.61. The number of nitrogens with one attached hydrogen (secondary N) is 1. The van der Waals surface area contributed by atoms with Crippen LogP contribution >= 0.6 is 11.6 Å². The highest BCUT2D eigenvalue weighted by Gasteiger charge is 2.32. The highest BCUT2D eigenvalue weighted by Crippen LogP contribution is 2.26. The molecule has 0 aliphatic carbocycles. The molecule has 0 radical (unpaired) electrons. The number of hydrogen-bond donors (Lipinski definition) is 2. The molecule has 1 aromatic rings. The molecule has 0 spiro atoms. The summed E-state index contributed by atoms with van der Waals surface area (Å²) in [6, 6.07) is 3.35. The van der Waals surface area contributed by atoms with Crippen molar-refractivity contribution in [1.82, 2.24) is 9.62 Å². The van der Waals surface area contributed by atoms with E-state index >= 15 is 0 Å². The van der Waals surface area contributed by atoms with Crippen LogP contribution in [0.5, 0.6) is 0 Å². The summed E-state index contributed by atoms with van der Waals surface area (Å²) in [5.74, 6) is -0.898. The van der Waals surface area contributed by atoms with E-state index < -0.39 is 15.8 Å². The molecule has 1 fully saturated rings. The molecule has 1 amide bonds. The van der Waals surface area contributed by atoms with Gasteiger partial charge < -0.3 is 11.1 Å². The number of sulfonamides is 1. The van der Waals surface area contributed by atoms with Gasteiger partial charge in [-0.1, -0.05) is 11.6 Å². The SMILES string of the molecule is NCCCCNC(=O)C1CCN(S(=O)(=O)c2ccc(F)c(Cl)c2)CC1. The topological polar surface area (TPSA) is 92.5 Å². The summed E-state index contributed by atoms with van der Waals surface area (Å²) in [6.45, 7) is 1.68. The second-order valence-corrected chi connectivity index (χ2v) is 8.39. The number of carbonyl (C=O) groups excluding carboxylic acids is 1. The van der Waals surface area contributed by atoms with Crippen molar-refractivity contribution >= 4 is 27.5 Å². The van der Waals surface area contributed by atoms with E-state index in [-0.39, 0.29) is 34.8 Å². The van der Waals surface area contributed by atoms with E-state index in [0.29, 0.717) is 25.9 Å². The second-order valence-electron chi connectivity index (χ2n) is 6.04. The van der Waals surface area contributed by atoms with Crippen LogP contribution in [0.1, 0.15) is 25.7 Å². The van der Waals surface area contributed by atoms with Gasteiger partial charge in [0.2, 0.25) is 15.9 Å². The van der Waals surface area contributed by atoms with Crippen molar-refractivity contribution in [2.45, 2.75) is 30.6 Å². The van der Waals surface area contributed by atoms with Gasteiger partial charge in [0.1, 0.15) is 5.82 Å². The maximum absolute atomic E-state index is 13.2. The molecule has 2 rings (SSSR count). The van der Waals surface area contributed by atoms with E-state index in [9.17, 15) is 17.6 Å². The number of hydrogen-bond acceptors (Lipinski definition) is 4. The predicted octanol–water partition coefficient (Wildman–Crippen LogP) is 1.73. The highest BCUT2D eigenvalue weighted by atomic mass is 35.5. The minimum Gasteiger partial charge on any atom is -0.356 e. The average molecular weight is 392 g/mol. The summed E-state index contributed by atoms with van der Waals surface area (Å²) >= 11 is 5.68. The molecule has 1 aliphatic rings. The molecule has 1 aliphatic heterocycles. The molecule has 25 heavy (non-hydrogen) atoms. The van der Waals surface area contributed by atoms with Crippen LogP contribution in [-0.4, -0.2) is 44.8 Å². The highest BCUT2D eigenvalue weighted by molar-refractivity contribution is 7.89. The third-order valence-electron chi connectivity index (χ3n) is 4.28. The quantitative estimate of drug-likeness (QED) is 0.692. The minimum absolute atomic E-state index is 0.0383. The maximum atomic E-state index is 13.2. The van der Waals surface area contributed by atoms with E-state index in [2.05, 4.69) is 5.32 Å². The van der Waals surface area contributed by atoms with Crippen molar-refractivity contribution < 1.29 is 17.6 Å². The molecule has 1 saturated heterocycles. The van der Waals surface area contributed by atoms with Crippen molar-refractivity contribution in [3.05, 3.63) is 29.0 Å². The molecular weight excluding hydrogens is 369 g/mol. The first-order valence-corrected chi connectivity index (χ1v) is 10.1. The van der Waals surface area contributed by atoms with Crippen LogP contribution in [0.4, 0.5) is 4.39 Å². The molecule has 3 N–H and O–H groups in total. The van der Waals surface area contributed by atoms with Crippen molar-refractivity contribution in [2.24, 2.45) is 11.7 Å². The number of carbonyl (C=O) groups is 1. The molecule has 0 aromatic heterocycles. The molecule has 0 bridgehead atoms. The van der Waals surface area contributed by atoms with Crippen LogP contribution in [0.3, 0.4) is 0 Å². The van der Waals surface area contributed by atoms with Gasteiger partial charge >= 0.3 is 0 Å². The number of halogens is 2. The summed E-state index contributed by atoms with van der Waals surface area (Å²) in [7, 11) is -3.74. The van der Waals surface area contributed by atoms with E-state index in [1.165, 1.54) is 10.4 Å². The van der Waals surface area contributed by atoms with Gasteiger partial charge in [-0.2, -0.15) is 4.31 Å². The van der Waals surface area contributed by atoms with Crippen molar-refractivity contribution in [1.29, 1.82) is 0 Å². The van der Waals surface area contributed by atoms with E-state index in [0.717, 1.165) is 25.0 Å². The Kier molecular flexibility index (Phi) is 7.18. The Morgan fingerprint density at radius 1 is 1.32 bits per heavy atom. The van der Waals surface area contributed by atoms with E-state index in [4.69, 9.17) is 17.3 Å². The molecular formula is C16H23ClFN3O3S. The molecule has 0 atom stereocenters. The van der Waals surface area contributed by atoms with E-state index in [1.54, 1.807) is 0 Å². The standard InChI is InChI=1S/C16H23ClFN3O3S/c17-14-11-13(3-4-15(14)18)25(23,24)21-9-5-12(6-10-21)16(22)20-8-2-1-7-19/h3-4,11-12H,1-2,5-10,19H2,(H,20,22). The maximum Gasteiger partial charge on any atom is 0.243 e. The van der Waals surface area contributed by atoms with Crippen molar-refractivity contribution in [3.63, 3.8) is 0 Å². The largest absolute Gasteiger partial charge is 0.356 e. The molecule has 140 valence electrons. The van der Waals surface area contributed by atoms with Gasteiger partial charge in [-0.05, 0) is 50.4 Å². The number of unbranched alkanes of at least 4 members (excludes halogenated alkanes) is 1. The zero-order valence-corrected chi connectivity index (χ0v) is 15.5. The van der Waals surface area contributed by atoms with Crippen LogP contribution in [0.2, 0.25) is 5.02 Å². The smallest absolute Gasteiger partial charge is 0.243 e. The Morgan fingerprint density at radius 3 is 2.60 bits per heavy atom. The van der Waals surface area contributed by atoms with Gasteiger partial charge in [0.05, 0.1) is 9.92 Å². The summed E-state index contributed by atoms with van der Waals surface area (Å²) in [4.78, 5) is 12.1. The monoisotopic (exact) mass is 391 g/mol. The normalized spacial score (nSPS) is 16.8. The predicted molar refractivity (Wildman–Crippen MR) is 94.2 cm³/mol. The Balaban J connectivity index is 1.92.